The summed E-state index contributed by atoms with van der Waals surface area (Å²) in [6.07, 6.45) is 6.25. The normalized spacial score (nSPS) is 15.1. The lowest BCUT2D eigenvalue weighted by Gasteiger charge is -2.11. The molecule has 0 amide bonds. The van der Waals surface area contributed by atoms with Gasteiger partial charge in [-0.2, -0.15) is 0 Å². The van der Waals surface area contributed by atoms with Crippen molar-refractivity contribution >= 4 is 11.6 Å². The van der Waals surface area contributed by atoms with Gasteiger partial charge in [0, 0.05) is 23.6 Å². The predicted octanol–water partition coefficient (Wildman–Crippen LogP) is 2.39. The number of fused-ring (bicyclic) bond motifs is 1. The van der Waals surface area contributed by atoms with E-state index in [9.17, 15) is 0 Å². The van der Waals surface area contributed by atoms with Gasteiger partial charge in [0.2, 0.25) is 0 Å². The molecule has 1 N–H and O–H groups in total. The summed E-state index contributed by atoms with van der Waals surface area (Å²) in [7, 11) is 0. The van der Waals surface area contributed by atoms with Crippen LogP contribution in [-0.2, 0) is 13.0 Å². The van der Waals surface area contributed by atoms with Gasteiger partial charge in [-0.25, -0.2) is 0 Å². The van der Waals surface area contributed by atoms with Crippen molar-refractivity contribution in [3.05, 3.63) is 28.3 Å². The van der Waals surface area contributed by atoms with Crippen molar-refractivity contribution in [2.24, 2.45) is 0 Å². The highest BCUT2D eigenvalue weighted by Crippen LogP contribution is 2.32. The van der Waals surface area contributed by atoms with Crippen LogP contribution < -0.4 is 10.1 Å². The molecule has 0 saturated heterocycles. The van der Waals surface area contributed by atoms with Crippen LogP contribution in [0.2, 0.25) is 5.02 Å². The van der Waals surface area contributed by atoms with Crippen LogP contribution in [0, 0.1) is 12.3 Å². The van der Waals surface area contributed by atoms with Crippen molar-refractivity contribution in [2.75, 3.05) is 6.61 Å². The van der Waals surface area contributed by atoms with Gasteiger partial charge in [-0.3, -0.25) is 5.32 Å². The lowest BCUT2D eigenvalue weighted by molar-refractivity contribution is 0.352. The largest absolute Gasteiger partial charge is 0.493 e. The van der Waals surface area contributed by atoms with E-state index >= 15 is 0 Å². The van der Waals surface area contributed by atoms with Crippen LogP contribution in [0.25, 0.3) is 0 Å². The molecule has 2 nitrogen and oxygen atoms in total. The smallest absolute Gasteiger partial charge is 0.127 e. The zero-order valence-electron chi connectivity index (χ0n) is 9.22. The van der Waals surface area contributed by atoms with E-state index in [0.717, 1.165) is 29.4 Å². The first-order valence-electron chi connectivity index (χ1n) is 5.34. The molecule has 0 aliphatic carbocycles. The zero-order chi connectivity index (χ0) is 11.5. The molecule has 1 aromatic carbocycles. The van der Waals surface area contributed by atoms with Gasteiger partial charge in [-0.05, 0) is 24.6 Å². The third-order valence-corrected chi connectivity index (χ3v) is 2.89. The minimum absolute atomic E-state index is 0.0519. The summed E-state index contributed by atoms with van der Waals surface area (Å²) in [6.45, 7) is 3.38. The van der Waals surface area contributed by atoms with E-state index in [1.165, 1.54) is 5.56 Å². The maximum Gasteiger partial charge on any atom is 0.127 e. The molecule has 3 heteroatoms. The van der Waals surface area contributed by atoms with Gasteiger partial charge in [0.1, 0.15) is 5.75 Å². The number of benzene rings is 1. The second kappa shape index (κ2) is 4.78. The molecule has 0 spiro atoms. The van der Waals surface area contributed by atoms with Crippen molar-refractivity contribution < 1.29 is 4.74 Å². The fourth-order valence-electron chi connectivity index (χ4n) is 1.80. The molecular formula is C13H14ClNO. The van der Waals surface area contributed by atoms with E-state index in [1.54, 1.807) is 0 Å². The van der Waals surface area contributed by atoms with E-state index in [4.69, 9.17) is 22.8 Å². The van der Waals surface area contributed by atoms with E-state index in [1.807, 2.05) is 19.1 Å². The molecule has 1 aliphatic rings. The summed E-state index contributed by atoms with van der Waals surface area (Å²) in [4.78, 5) is 0. The van der Waals surface area contributed by atoms with Crippen LogP contribution in [-0.4, -0.2) is 12.6 Å². The summed E-state index contributed by atoms with van der Waals surface area (Å²) in [6, 6.07) is 3.95. The number of hydrogen-bond acceptors (Lipinski definition) is 2. The fraction of sp³-hybridized carbons (Fsp3) is 0.385. The lowest BCUT2D eigenvalue weighted by atomic mass is 10.1. The average Bonchev–Trinajstić information content (AvgIpc) is 2.73. The Balaban J connectivity index is 2.18. The number of halogens is 1. The number of nitrogens with one attached hydrogen (secondary N) is 1. The monoisotopic (exact) mass is 235 g/mol. The molecule has 0 saturated carbocycles. The topological polar surface area (TPSA) is 21.3 Å². The third kappa shape index (κ3) is 2.32. The van der Waals surface area contributed by atoms with Gasteiger partial charge in [0.15, 0.2) is 0 Å². The summed E-state index contributed by atoms with van der Waals surface area (Å²) >= 11 is 6.05. The second-order valence-electron chi connectivity index (χ2n) is 3.92. The first kappa shape index (κ1) is 11.3. The minimum atomic E-state index is 0.0519. The van der Waals surface area contributed by atoms with E-state index in [-0.39, 0.29) is 6.04 Å². The third-order valence-electron chi connectivity index (χ3n) is 2.67. The van der Waals surface area contributed by atoms with Crippen molar-refractivity contribution in [1.29, 1.82) is 0 Å². The highest BCUT2D eigenvalue weighted by Gasteiger charge is 2.17. The number of rotatable bonds is 3. The Bertz CT molecular complexity index is 436. The Labute approximate surface area is 101 Å². The minimum Gasteiger partial charge on any atom is -0.493 e. The van der Waals surface area contributed by atoms with Crippen molar-refractivity contribution in [3.63, 3.8) is 0 Å². The highest BCUT2D eigenvalue weighted by atomic mass is 35.5. The van der Waals surface area contributed by atoms with E-state index in [0.29, 0.717) is 6.54 Å². The number of hydrogen-bond donors (Lipinski definition) is 1. The first-order chi connectivity index (χ1) is 7.70. The second-order valence-corrected chi connectivity index (χ2v) is 4.36. The Morgan fingerprint density at radius 3 is 3.19 bits per heavy atom. The first-order valence-corrected chi connectivity index (χ1v) is 5.72. The zero-order valence-corrected chi connectivity index (χ0v) is 9.97. The quantitative estimate of drug-likeness (QED) is 0.813. The van der Waals surface area contributed by atoms with Gasteiger partial charge in [0.25, 0.3) is 0 Å². The van der Waals surface area contributed by atoms with Gasteiger partial charge in [-0.1, -0.05) is 17.5 Å². The molecule has 1 heterocycles. The number of terminal acetylenes is 1. The molecule has 0 bridgehead atoms. The van der Waals surface area contributed by atoms with Gasteiger partial charge < -0.3 is 4.74 Å². The maximum atomic E-state index is 6.05. The van der Waals surface area contributed by atoms with Gasteiger partial charge in [-0.15, -0.1) is 6.42 Å². The van der Waals surface area contributed by atoms with Crippen molar-refractivity contribution in [2.45, 2.75) is 25.9 Å². The summed E-state index contributed by atoms with van der Waals surface area (Å²) in [5, 5.41) is 3.99. The highest BCUT2D eigenvalue weighted by molar-refractivity contribution is 6.30. The molecule has 0 aromatic heterocycles. The van der Waals surface area contributed by atoms with Crippen molar-refractivity contribution in [3.8, 4) is 18.1 Å². The summed E-state index contributed by atoms with van der Waals surface area (Å²) in [5.74, 6) is 3.61. The molecule has 1 aliphatic heterocycles. The fourth-order valence-corrected chi connectivity index (χ4v) is 2.06. The lowest BCUT2D eigenvalue weighted by Crippen LogP contribution is -2.23. The van der Waals surface area contributed by atoms with Crippen LogP contribution in [0.5, 0.6) is 5.75 Å². The van der Waals surface area contributed by atoms with Crippen LogP contribution >= 0.6 is 11.6 Å². The molecule has 84 valence electrons. The Hall–Kier alpha value is -1.17. The SMILES string of the molecule is C#CC(C)NCc1cc(Cl)cc2c1OCC2. The summed E-state index contributed by atoms with van der Waals surface area (Å²) in [5.41, 5.74) is 2.28. The van der Waals surface area contributed by atoms with Crippen molar-refractivity contribution in [1.82, 2.24) is 5.32 Å². The standard InChI is InChI=1S/C13H14ClNO/c1-3-9(2)15-8-11-7-12(14)6-10-4-5-16-13(10)11/h1,6-7,9,15H,4-5,8H2,2H3. The van der Waals surface area contributed by atoms with E-state index in [2.05, 4.69) is 11.2 Å². The molecule has 2 rings (SSSR count). The summed E-state index contributed by atoms with van der Waals surface area (Å²) < 4.78 is 5.60. The predicted molar refractivity (Wildman–Crippen MR) is 65.8 cm³/mol. The molecular weight excluding hydrogens is 222 g/mol. The molecule has 1 unspecified atom stereocenters. The van der Waals surface area contributed by atoms with Gasteiger partial charge in [0.05, 0.1) is 12.6 Å². The molecule has 16 heavy (non-hydrogen) atoms. The Morgan fingerprint density at radius 2 is 2.44 bits per heavy atom. The number of ether oxygens (including phenoxy) is 1. The molecule has 1 aromatic rings. The molecule has 1 atom stereocenters. The average molecular weight is 236 g/mol. The molecule has 0 radical (unpaired) electrons. The van der Waals surface area contributed by atoms with Crippen LogP contribution in [0.4, 0.5) is 0 Å². The van der Waals surface area contributed by atoms with Crippen LogP contribution in [0.15, 0.2) is 12.1 Å². The van der Waals surface area contributed by atoms with Gasteiger partial charge >= 0.3 is 0 Å². The molecule has 0 fully saturated rings. The maximum absolute atomic E-state index is 6.05. The van der Waals surface area contributed by atoms with Crippen LogP contribution in [0.3, 0.4) is 0 Å². The Kier molecular flexibility index (Phi) is 3.38. The van der Waals surface area contributed by atoms with E-state index < -0.39 is 0 Å². The Morgan fingerprint density at radius 1 is 1.62 bits per heavy atom. The van der Waals surface area contributed by atoms with Crippen LogP contribution in [0.1, 0.15) is 18.1 Å².